The number of rotatable bonds is 6. The normalized spacial score (nSPS) is 11.7. The first kappa shape index (κ1) is 13.8. The van der Waals surface area contributed by atoms with Crippen molar-refractivity contribution in [3.8, 4) is 5.75 Å². The third-order valence-corrected chi connectivity index (χ3v) is 2.68. The van der Waals surface area contributed by atoms with E-state index in [1.807, 2.05) is 13.0 Å². The minimum absolute atomic E-state index is 0.228. The molecule has 2 rings (SSSR count). The van der Waals surface area contributed by atoms with Gasteiger partial charge in [0.15, 0.2) is 0 Å². The summed E-state index contributed by atoms with van der Waals surface area (Å²) in [5.74, 6) is 0.895. The van der Waals surface area contributed by atoms with Crippen molar-refractivity contribution in [3.63, 3.8) is 0 Å². The Bertz CT molecular complexity index is 581. The smallest absolute Gasteiger partial charge is 0.255 e. The van der Waals surface area contributed by atoms with Crippen LogP contribution in [0.25, 0.3) is 0 Å². The molecule has 0 aliphatic heterocycles. The van der Waals surface area contributed by atoms with Crippen LogP contribution in [0.15, 0.2) is 43.2 Å². The highest BCUT2D eigenvalue weighted by Crippen LogP contribution is 2.19. The lowest BCUT2D eigenvalue weighted by Crippen LogP contribution is -2.27. The molecular formula is C14H16N4O2. The van der Waals surface area contributed by atoms with Crippen LogP contribution in [0.3, 0.4) is 0 Å². The van der Waals surface area contributed by atoms with Gasteiger partial charge in [-0.2, -0.15) is 5.10 Å². The van der Waals surface area contributed by atoms with E-state index in [2.05, 4.69) is 27.1 Å². The number of aromatic amines is 1. The van der Waals surface area contributed by atoms with Gasteiger partial charge in [-0.3, -0.25) is 9.89 Å². The molecule has 6 heteroatoms. The maximum atomic E-state index is 12.3. The fourth-order valence-corrected chi connectivity index (χ4v) is 1.70. The summed E-state index contributed by atoms with van der Waals surface area (Å²) in [6, 6.07) is 6.79. The van der Waals surface area contributed by atoms with Crippen molar-refractivity contribution in [2.45, 2.75) is 13.0 Å². The number of para-hydroxylation sites is 1. The Labute approximate surface area is 116 Å². The van der Waals surface area contributed by atoms with Gasteiger partial charge < -0.3 is 10.1 Å². The average molecular weight is 272 g/mol. The third kappa shape index (κ3) is 3.23. The minimum atomic E-state index is -0.266. The molecule has 1 aromatic heterocycles. The van der Waals surface area contributed by atoms with E-state index < -0.39 is 0 Å². The number of hydrogen-bond acceptors (Lipinski definition) is 4. The number of aromatic nitrogens is 3. The van der Waals surface area contributed by atoms with Crippen LogP contribution in [0.1, 0.15) is 29.1 Å². The highest BCUT2D eigenvalue weighted by atomic mass is 16.5. The third-order valence-electron chi connectivity index (χ3n) is 2.68. The van der Waals surface area contributed by atoms with Gasteiger partial charge in [-0.15, -0.1) is 0 Å². The van der Waals surface area contributed by atoms with Crippen molar-refractivity contribution in [2.75, 3.05) is 6.61 Å². The summed E-state index contributed by atoms with van der Waals surface area (Å²) < 4.78 is 5.47. The van der Waals surface area contributed by atoms with E-state index >= 15 is 0 Å². The Hall–Kier alpha value is -2.63. The van der Waals surface area contributed by atoms with Gasteiger partial charge in [-0.25, -0.2) is 4.98 Å². The molecule has 20 heavy (non-hydrogen) atoms. The van der Waals surface area contributed by atoms with Crippen LogP contribution in [0.4, 0.5) is 0 Å². The molecule has 2 N–H and O–H groups in total. The molecule has 1 heterocycles. The number of nitrogens with zero attached hydrogens (tertiary/aromatic N) is 2. The molecule has 1 aromatic carbocycles. The second-order valence-corrected chi connectivity index (χ2v) is 4.16. The van der Waals surface area contributed by atoms with E-state index in [0.717, 1.165) is 0 Å². The summed E-state index contributed by atoms with van der Waals surface area (Å²) in [5.41, 5.74) is 0.473. The first-order chi connectivity index (χ1) is 9.72. The highest BCUT2D eigenvalue weighted by molar-refractivity contribution is 5.97. The maximum Gasteiger partial charge on any atom is 0.255 e. The fraction of sp³-hybridized carbons (Fsp3) is 0.214. The van der Waals surface area contributed by atoms with E-state index in [9.17, 15) is 4.79 Å². The van der Waals surface area contributed by atoms with Crippen LogP contribution in [-0.2, 0) is 0 Å². The van der Waals surface area contributed by atoms with Crippen LogP contribution in [0, 0.1) is 0 Å². The first-order valence-corrected chi connectivity index (χ1v) is 6.21. The van der Waals surface area contributed by atoms with Crippen molar-refractivity contribution in [3.05, 3.63) is 54.6 Å². The number of ether oxygens (including phenoxy) is 1. The fourth-order valence-electron chi connectivity index (χ4n) is 1.70. The second-order valence-electron chi connectivity index (χ2n) is 4.16. The Kier molecular flexibility index (Phi) is 4.49. The van der Waals surface area contributed by atoms with E-state index in [1.54, 1.807) is 24.3 Å². The molecule has 1 amide bonds. The Morgan fingerprint density at radius 3 is 3.05 bits per heavy atom. The molecule has 0 radical (unpaired) electrons. The van der Waals surface area contributed by atoms with Gasteiger partial charge in [0, 0.05) is 0 Å². The first-order valence-electron chi connectivity index (χ1n) is 6.21. The molecule has 104 valence electrons. The van der Waals surface area contributed by atoms with Crippen LogP contribution < -0.4 is 10.1 Å². The predicted octanol–water partition coefficient (Wildman–Crippen LogP) is 1.86. The van der Waals surface area contributed by atoms with Crippen LogP contribution in [0.5, 0.6) is 5.75 Å². The summed E-state index contributed by atoms with van der Waals surface area (Å²) in [4.78, 5) is 16.3. The lowest BCUT2D eigenvalue weighted by atomic mass is 10.1. The lowest BCUT2D eigenvalue weighted by molar-refractivity contribution is 0.0935. The summed E-state index contributed by atoms with van der Waals surface area (Å²) in [7, 11) is 0. The topological polar surface area (TPSA) is 79.9 Å². The van der Waals surface area contributed by atoms with Crippen molar-refractivity contribution >= 4 is 5.91 Å². The van der Waals surface area contributed by atoms with Gasteiger partial charge in [-0.05, 0) is 19.1 Å². The van der Waals surface area contributed by atoms with Gasteiger partial charge in [0.2, 0.25) is 0 Å². The number of amides is 1. The molecule has 0 fully saturated rings. The van der Waals surface area contributed by atoms with E-state index in [-0.39, 0.29) is 11.9 Å². The molecule has 2 aromatic rings. The minimum Gasteiger partial charge on any atom is -0.489 e. The van der Waals surface area contributed by atoms with E-state index in [1.165, 1.54) is 6.33 Å². The molecule has 0 spiro atoms. The van der Waals surface area contributed by atoms with Gasteiger partial charge in [-0.1, -0.05) is 24.8 Å². The predicted molar refractivity (Wildman–Crippen MR) is 74.4 cm³/mol. The van der Waals surface area contributed by atoms with Crippen LogP contribution in [0.2, 0.25) is 0 Å². The summed E-state index contributed by atoms with van der Waals surface area (Å²) in [6.45, 7) is 5.76. The van der Waals surface area contributed by atoms with Gasteiger partial charge >= 0.3 is 0 Å². The number of benzene rings is 1. The lowest BCUT2D eigenvalue weighted by Gasteiger charge is -2.13. The van der Waals surface area contributed by atoms with Gasteiger partial charge in [0.25, 0.3) is 5.91 Å². The molecular weight excluding hydrogens is 256 g/mol. The molecule has 6 nitrogen and oxygen atoms in total. The Morgan fingerprint density at radius 1 is 1.55 bits per heavy atom. The largest absolute Gasteiger partial charge is 0.489 e. The Balaban J connectivity index is 2.10. The molecule has 0 saturated carbocycles. The summed E-state index contributed by atoms with van der Waals surface area (Å²) in [6.07, 6.45) is 3.03. The highest BCUT2D eigenvalue weighted by Gasteiger charge is 2.16. The molecule has 0 bridgehead atoms. The van der Waals surface area contributed by atoms with Crippen molar-refractivity contribution in [1.29, 1.82) is 0 Å². The maximum absolute atomic E-state index is 12.3. The molecule has 0 aliphatic rings. The zero-order valence-corrected chi connectivity index (χ0v) is 11.2. The molecule has 0 aliphatic carbocycles. The number of H-pyrrole nitrogens is 1. The molecule has 0 saturated heterocycles. The summed E-state index contributed by atoms with van der Waals surface area (Å²) in [5, 5.41) is 9.32. The second kappa shape index (κ2) is 6.51. The Morgan fingerprint density at radius 2 is 2.35 bits per heavy atom. The molecule has 1 atom stereocenters. The van der Waals surface area contributed by atoms with Crippen molar-refractivity contribution in [2.24, 2.45) is 0 Å². The van der Waals surface area contributed by atoms with Gasteiger partial charge in [0.1, 0.15) is 24.5 Å². The van der Waals surface area contributed by atoms with Crippen LogP contribution in [-0.4, -0.2) is 27.7 Å². The summed E-state index contributed by atoms with van der Waals surface area (Å²) >= 11 is 0. The average Bonchev–Trinajstić information content (AvgIpc) is 2.99. The SMILES string of the molecule is C=CCOc1ccccc1C(=O)NC(C)c1ncn[nH]1. The number of nitrogens with one attached hydrogen (secondary N) is 2. The zero-order valence-electron chi connectivity index (χ0n) is 11.2. The van der Waals surface area contributed by atoms with Gasteiger partial charge in [0.05, 0.1) is 11.6 Å². The van der Waals surface area contributed by atoms with Crippen LogP contribution >= 0.6 is 0 Å². The quantitative estimate of drug-likeness (QED) is 0.787. The van der Waals surface area contributed by atoms with Crippen molar-refractivity contribution in [1.82, 2.24) is 20.5 Å². The number of carbonyl (C=O) groups is 1. The van der Waals surface area contributed by atoms with Crippen molar-refractivity contribution < 1.29 is 9.53 Å². The zero-order chi connectivity index (χ0) is 14.4. The standard InChI is InChI=1S/C14H16N4O2/c1-3-8-20-12-7-5-4-6-11(12)14(19)17-10(2)13-15-9-16-18-13/h3-7,9-10H,1,8H2,2H3,(H,17,19)(H,15,16,18). The monoisotopic (exact) mass is 272 g/mol. The molecule has 1 unspecified atom stereocenters. The van der Waals surface area contributed by atoms with E-state index in [4.69, 9.17) is 4.74 Å². The number of carbonyl (C=O) groups excluding carboxylic acids is 1. The van der Waals surface area contributed by atoms with E-state index in [0.29, 0.717) is 23.7 Å². The number of hydrogen-bond donors (Lipinski definition) is 2.